The molecule has 0 radical (unpaired) electrons. The number of hydrogen-bond donors (Lipinski definition) is 3. The van der Waals surface area contributed by atoms with Crippen LogP contribution in [0.4, 0.5) is 10.9 Å². The number of aromatic nitrogens is 3. The molecule has 2 aromatic rings. The standard InChI is InChI=1S/C11H16N6OS/c1-2-13-11-16-9(12)8(19-11)10(18)14-5-7-17-6-3-4-15-17/h3-4,6H,2,5,7,12H2,1H3,(H,13,16)(H,14,18). The Morgan fingerprint density at radius 3 is 3.11 bits per heavy atom. The first-order valence-corrected chi connectivity index (χ1v) is 6.78. The molecule has 0 aliphatic heterocycles. The number of anilines is 2. The van der Waals surface area contributed by atoms with Crippen LogP contribution in [0.15, 0.2) is 18.5 Å². The highest BCUT2D eigenvalue weighted by molar-refractivity contribution is 7.18. The Bertz CT molecular complexity index is 535. The predicted molar refractivity (Wildman–Crippen MR) is 75.3 cm³/mol. The lowest BCUT2D eigenvalue weighted by Gasteiger charge is -2.03. The summed E-state index contributed by atoms with van der Waals surface area (Å²) in [7, 11) is 0. The minimum Gasteiger partial charge on any atom is -0.382 e. The molecule has 1 amide bonds. The van der Waals surface area contributed by atoms with Crippen LogP contribution in [0.2, 0.25) is 0 Å². The van der Waals surface area contributed by atoms with E-state index in [1.54, 1.807) is 10.9 Å². The lowest BCUT2D eigenvalue weighted by atomic mass is 10.4. The number of nitrogens with zero attached hydrogens (tertiary/aromatic N) is 3. The van der Waals surface area contributed by atoms with Crippen molar-refractivity contribution in [2.45, 2.75) is 13.5 Å². The molecule has 8 heteroatoms. The van der Waals surface area contributed by atoms with Gasteiger partial charge in [-0.2, -0.15) is 5.10 Å². The number of nitrogen functional groups attached to an aromatic ring is 1. The molecule has 0 bridgehead atoms. The third-order valence-corrected chi connectivity index (χ3v) is 3.40. The molecule has 0 aromatic carbocycles. The SMILES string of the molecule is CCNc1nc(N)c(C(=O)NCCn2cccn2)s1. The van der Waals surface area contributed by atoms with E-state index in [0.717, 1.165) is 6.54 Å². The summed E-state index contributed by atoms with van der Waals surface area (Å²) in [6, 6.07) is 1.84. The minimum atomic E-state index is -0.202. The van der Waals surface area contributed by atoms with Crippen molar-refractivity contribution in [2.24, 2.45) is 0 Å². The van der Waals surface area contributed by atoms with Gasteiger partial charge in [-0.1, -0.05) is 11.3 Å². The van der Waals surface area contributed by atoms with E-state index < -0.39 is 0 Å². The molecule has 0 spiro atoms. The zero-order valence-corrected chi connectivity index (χ0v) is 11.4. The van der Waals surface area contributed by atoms with Crippen molar-refractivity contribution in [1.29, 1.82) is 0 Å². The third kappa shape index (κ3) is 3.44. The van der Waals surface area contributed by atoms with Crippen LogP contribution >= 0.6 is 11.3 Å². The first-order valence-electron chi connectivity index (χ1n) is 5.96. The van der Waals surface area contributed by atoms with Gasteiger partial charge in [-0.25, -0.2) is 4.98 Å². The van der Waals surface area contributed by atoms with E-state index in [2.05, 4.69) is 20.7 Å². The Kier molecular flexibility index (Phi) is 4.35. The fraction of sp³-hybridized carbons (Fsp3) is 0.364. The highest BCUT2D eigenvalue weighted by atomic mass is 32.1. The molecule has 2 aromatic heterocycles. The minimum absolute atomic E-state index is 0.202. The van der Waals surface area contributed by atoms with Crippen molar-refractivity contribution < 1.29 is 4.79 Å². The van der Waals surface area contributed by atoms with Gasteiger partial charge in [0.05, 0.1) is 6.54 Å². The number of carbonyl (C=O) groups is 1. The number of thiazole rings is 1. The van der Waals surface area contributed by atoms with Crippen LogP contribution in [0.5, 0.6) is 0 Å². The summed E-state index contributed by atoms with van der Waals surface area (Å²) in [6.45, 7) is 3.82. The van der Waals surface area contributed by atoms with Gasteiger partial charge in [-0.15, -0.1) is 0 Å². The fourth-order valence-corrected chi connectivity index (χ4v) is 2.39. The molecule has 0 fully saturated rings. The molecule has 0 unspecified atom stereocenters. The second-order valence-corrected chi connectivity index (χ2v) is 4.79. The predicted octanol–water partition coefficient (Wildman–Crippen LogP) is 0.784. The van der Waals surface area contributed by atoms with Gasteiger partial charge in [-0.3, -0.25) is 9.48 Å². The van der Waals surface area contributed by atoms with Crippen LogP contribution < -0.4 is 16.4 Å². The van der Waals surface area contributed by atoms with Gasteiger partial charge < -0.3 is 16.4 Å². The second kappa shape index (κ2) is 6.19. The molecule has 4 N–H and O–H groups in total. The molecular weight excluding hydrogens is 264 g/mol. The van der Waals surface area contributed by atoms with Crippen LogP contribution in [0.3, 0.4) is 0 Å². The van der Waals surface area contributed by atoms with E-state index in [0.29, 0.717) is 23.1 Å². The number of rotatable bonds is 6. The van der Waals surface area contributed by atoms with Crippen molar-refractivity contribution >= 4 is 28.2 Å². The van der Waals surface area contributed by atoms with E-state index >= 15 is 0 Å². The quantitative estimate of drug-likeness (QED) is 0.726. The largest absolute Gasteiger partial charge is 0.382 e. The summed E-state index contributed by atoms with van der Waals surface area (Å²) in [5.74, 6) is 0.0591. The normalized spacial score (nSPS) is 10.4. The van der Waals surface area contributed by atoms with Gasteiger partial charge in [0.15, 0.2) is 5.13 Å². The van der Waals surface area contributed by atoms with Crippen molar-refractivity contribution in [2.75, 3.05) is 24.1 Å². The van der Waals surface area contributed by atoms with Gasteiger partial charge in [0.2, 0.25) is 0 Å². The number of amides is 1. The molecule has 0 atom stereocenters. The van der Waals surface area contributed by atoms with E-state index in [1.807, 2.05) is 19.2 Å². The zero-order valence-electron chi connectivity index (χ0n) is 10.6. The lowest BCUT2D eigenvalue weighted by Crippen LogP contribution is -2.27. The number of nitrogens with two attached hydrogens (primary N) is 1. The number of hydrogen-bond acceptors (Lipinski definition) is 6. The van der Waals surface area contributed by atoms with Crippen LogP contribution in [-0.2, 0) is 6.54 Å². The van der Waals surface area contributed by atoms with Crippen molar-refractivity contribution in [3.05, 3.63) is 23.3 Å². The summed E-state index contributed by atoms with van der Waals surface area (Å²) >= 11 is 1.26. The Morgan fingerprint density at radius 1 is 1.58 bits per heavy atom. The summed E-state index contributed by atoms with van der Waals surface area (Å²) in [4.78, 5) is 16.5. The fourth-order valence-electron chi connectivity index (χ4n) is 1.52. The molecule has 2 heterocycles. The molecule has 0 aliphatic rings. The van der Waals surface area contributed by atoms with Crippen molar-refractivity contribution in [1.82, 2.24) is 20.1 Å². The van der Waals surface area contributed by atoms with Gasteiger partial charge in [-0.05, 0) is 13.0 Å². The summed E-state index contributed by atoms with van der Waals surface area (Å²) in [5, 5.41) is 10.5. The molecule has 19 heavy (non-hydrogen) atoms. The Hall–Kier alpha value is -2.09. The van der Waals surface area contributed by atoms with Gasteiger partial charge in [0, 0.05) is 25.5 Å². The maximum atomic E-state index is 11.9. The second-order valence-electron chi connectivity index (χ2n) is 3.79. The first-order chi connectivity index (χ1) is 9.20. The summed E-state index contributed by atoms with van der Waals surface area (Å²) < 4.78 is 1.75. The molecule has 2 rings (SSSR count). The third-order valence-electron chi connectivity index (χ3n) is 2.37. The van der Waals surface area contributed by atoms with Crippen LogP contribution in [0, 0.1) is 0 Å². The average Bonchev–Trinajstić information content (AvgIpc) is 2.99. The highest BCUT2D eigenvalue weighted by Crippen LogP contribution is 2.24. The summed E-state index contributed by atoms with van der Waals surface area (Å²) in [5.41, 5.74) is 5.72. The number of carbonyl (C=O) groups excluding carboxylic acids is 1. The Morgan fingerprint density at radius 2 is 2.42 bits per heavy atom. The topological polar surface area (TPSA) is 97.9 Å². The van der Waals surface area contributed by atoms with Crippen LogP contribution in [0.1, 0.15) is 16.6 Å². The Labute approximate surface area is 114 Å². The van der Waals surface area contributed by atoms with E-state index in [9.17, 15) is 4.79 Å². The maximum absolute atomic E-state index is 11.9. The average molecular weight is 280 g/mol. The van der Waals surface area contributed by atoms with Crippen molar-refractivity contribution in [3.63, 3.8) is 0 Å². The van der Waals surface area contributed by atoms with Crippen molar-refractivity contribution in [3.8, 4) is 0 Å². The zero-order chi connectivity index (χ0) is 13.7. The monoisotopic (exact) mass is 280 g/mol. The maximum Gasteiger partial charge on any atom is 0.265 e. The van der Waals surface area contributed by atoms with E-state index in [1.165, 1.54) is 11.3 Å². The molecule has 0 aliphatic carbocycles. The molecule has 0 saturated carbocycles. The summed E-state index contributed by atoms with van der Waals surface area (Å²) in [6.07, 6.45) is 3.54. The van der Waals surface area contributed by atoms with Crippen LogP contribution in [-0.4, -0.2) is 33.8 Å². The molecule has 7 nitrogen and oxygen atoms in total. The number of nitrogens with one attached hydrogen (secondary N) is 2. The lowest BCUT2D eigenvalue weighted by molar-refractivity contribution is 0.0956. The molecule has 102 valence electrons. The first kappa shape index (κ1) is 13.3. The van der Waals surface area contributed by atoms with Gasteiger partial charge in [0.1, 0.15) is 10.7 Å². The smallest absolute Gasteiger partial charge is 0.265 e. The van der Waals surface area contributed by atoms with Gasteiger partial charge in [0.25, 0.3) is 5.91 Å². The highest BCUT2D eigenvalue weighted by Gasteiger charge is 2.15. The van der Waals surface area contributed by atoms with Gasteiger partial charge >= 0.3 is 0 Å². The van der Waals surface area contributed by atoms with E-state index in [-0.39, 0.29) is 11.7 Å². The molecule has 0 saturated heterocycles. The molecular formula is C11H16N6OS. The van der Waals surface area contributed by atoms with Crippen LogP contribution in [0.25, 0.3) is 0 Å². The Balaban J connectivity index is 1.88. The van der Waals surface area contributed by atoms with E-state index in [4.69, 9.17) is 5.73 Å².